The Morgan fingerprint density at radius 1 is 1.18 bits per heavy atom. The van der Waals surface area contributed by atoms with Crippen molar-refractivity contribution in [3.05, 3.63) is 34.1 Å². The van der Waals surface area contributed by atoms with Gasteiger partial charge < -0.3 is 9.88 Å². The molecule has 14 heteroatoms. The molecule has 0 saturated carbocycles. The first-order valence-corrected chi connectivity index (χ1v) is 9.07. The first-order valence-electron chi connectivity index (χ1n) is 7.44. The van der Waals surface area contributed by atoms with E-state index in [0.717, 1.165) is 23.4 Å². The van der Waals surface area contributed by atoms with Crippen molar-refractivity contribution >= 4 is 52.6 Å². The van der Waals surface area contributed by atoms with Gasteiger partial charge in [0.15, 0.2) is 5.16 Å². The van der Waals surface area contributed by atoms with Crippen LogP contribution in [0.5, 0.6) is 0 Å². The monoisotopic (exact) mass is 456 g/mol. The van der Waals surface area contributed by atoms with E-state index in [0.29, 0.717) is 10.7 Å². The van der Waals surface area contributed by atoms with Gasteiger partial charge in [-0.15, -0.1) is 10.2 Å². The number of nitrogens with one attached hydrogen (secondary N) is 3. The third-order valence-corrected chi connectivity index (χ3v) is 5.09. The summed E-state index contributed by atoms with van der Waals surface area (Å²) in [5.74, 6) is -1.84. The summed E-state index contributed by atoms with van der Waals surface area (Å²) in [4.78, 5) is 23.8. The number of nitrogens with zero attached hydrogens (tertiary/aromatic N) is 3. The molecule has 0 aliphatic heterocycles. The fourth-order valence-corrected chi connectivity index (χ4v) is 2.95. The number of urea groups is 1. The molecule has 0 aliphatic carbocycles. The van der Waals surface area contributed by atoms with Crippen molar-refractivity contribution in [1.82, 2.24) is 25.6 Å². The Morgan fingerprint density at radius 2 is 1.86 bits per heavy atom. The molecule has 28 heavy (non-hydrogen) atoms. The number of amides is 3. The smallest absolute Gasteiger partial charge is 0.307 e. The summed E-state index contributed by atoms with van der Waals surface area (Å²) in [6, 6.07) is 3.63. The van der Waals surface area contributed by atoms with Crippen LogP contribution in [0.2, 0.25) is 10.0 Å². The second-order valence-corrected chi connectivity index (χ2v) is 7.44. The van der Waals surface area contributed by atoms with Crippen molar-refractivity contribution in [2.45, 2.75) is 23.5 Å². The molecule has 1 unspecified atom stereocenters. The average molecular weight is 457 g/mol. The molecule has 0 fully saturated rings. The van der Waals surface area contributed by atoms with E-state index in [4.69, 9.17) is 23.2 Å². The van der Waals surface area contributed by atoms with Gasteiger partial charge in [0.05, 0.1) is 15.3 Å². The molecule has 0 radical (unpaired) electrons. The minimum Gasteiger partial charge on any atom is -0.307 e. The molecule has 0 bridgehead atoms. The molecule has 0 saturated heterocycles. The van der Waals surface area contributed by atoms with Crippen LogP contribution in [0.4, 0.5) is 23.7 Å². The van der Waals surface area contributed by atoms with E-state index in [1.165, 1.54) is 25.1 Å². The summed E-state index contributed by atoms with van der Waals surface area (Å²) in [5.41, 5.74) is 4.59. The standard InChI is InChI=1S/C14H13Cl2F3N6O2S/c1-6(28-13-24-22-11(25(13)2)14(17,18)19)10(26)21-23-12(27)20-7-3-4-8(15)9(16)5-7/h3-6H,1-2H3,(H,21,26)(H2,20,23,27). The number of aromatic nitrogens is 3. The van der Waals surface area contributed by atoms with Gasteiger partial charge in [0.2, 0.25) is 5.82 Å². The lowest BCUT2D eigenvalue weighted by Gasteiger charge is -2.13. The van der Waals surface area contributed by atoms with Crippen molar-refractivity contribution in [2.75, 3.05) is 5.32 Å². The minimum absolute atomic E-state index is 0.102. The van der Waals surface area contributed by atoms with Crippen LogP contribution in [0.25, 0.3) is 0 Å². The molecule has 1 heterocycles. The van der Waals surface area contributed by atoms with Gasteiger partial charge in [0, 0.05) is 12.7 Å². The summed E-state index contributed by atoms with van der Waals surface area (Å²) in [5, 5.41) is 8.48. The van der Waals surface area contributed by atoms with Crippen LogP contribution in [-0.4, -0.2) is 32.0 Å². The number of hydrogen-bond acceptors (Lipinski definition) is 5. The fourth-order valence-electron chi connectivity index (χ4n) is 1.83. The van der Waals surface area contributed by atoms with Crippen LogP contribution >= 0.6 is 35.0 Å². The van der Waals surface area contributed by atoms with Gasteiger partial charge in [0.25, 0.3) is 5.91 Å². The third-order valence-electron chi connectivity index (χ3n) is 3.22. The lowest BCUT2D eigenvalue weighted by molar-refractivity contribution is -0.147. The Balaban J connectivity index is 1.88. The Hall–Kier alpha value is -2.18. The van der Waals surface area contributed by atoms with Crippen molar-refractivity contribution < 1.29 is 22.8 Å². The highest BCUT2D eigenvalue weighted by Gasteiger charge is 2.37. The number of halogens is 5. The van der Waals surface area contributed by atoms with Crippen molar-refractivity contribution in [3.8, 4) is 0 Å². The first kappa shape index (κ1) is 22.1. The highest BCUT2D eigenvalue weighted by atomic mass is 35.5. The lowest BCUT2D eigenvalue weighted by atomic mass is 10.3. The number of thioether (sulfide) groups is 1. The van der Waals surface area contributed by atoms with Crippen molar-refractivity contribution in [2.24, 2.45) is 7.05 Å². The van der Waals surface area contributed by atoms with Gasteiger partial charge in [-0.2, -0.15) is 13.2 Å². The van der Waals surface area contributed by atoms with Crippen LogP contribution in [-0.2, 0) is 18.0 Å². The number of hydrazine groups is 1. The molecular formula is C14H13Cl2F3N6O2S. The largest absolute Gasteiger partial charge is 0.451 e. The van der Waals surface area contributed by atoms with E-state index < -0.39 is 29.2 Å². The number of carbonyl (C=O) groups is 2. The van der Waals surface area contributed by atoms with Crippen molar-refractivity contribution in [1.29, 1.82) is 0 Å². The third kappa shape index (κ3) is 5.66. The molecule has 2 aromatic rings. The summed E-state index contributed by atoms with van der Waals surface area (Å²) in [6.45, 7) is 1.43. The maximum Gasteiger partial charge on any atom is 0.451 e. The zero-order chi connectivity index (χ0) is 21.1. The molecule has 1 aromatic heterocycles. The quantitative estimate of drug-likeness (QED) is 0.482. The fraction of sp³-hybridized carbons (Fsp3) is 0.286. The van der Waals surface area contributed by atoms with Crippen LogP contribution in [0.1, 0.15) is 12.7 Å². The Kier molecular flexibility index (Phi) is 7.01. The Morgan fingerprint density at radius 3 is 2.43 bits per heavy atom. The number of anilines is 1. The van der Waals surface area contributed by atoms with E-state index in [1.807, 2.05) is 0 Å². The predicted octanol–water partition coefficient (Wildman–Crippen LogP) is 3.47. The molecule has 0 aliphatic rings. The van der Waals surface area contributed by atoms with Gasteiger partial charge >= 0.3 is 12.2 Å². The van der Waals surface area contributed by atoms with E-state index in [2.05, 4.69) is 26.4 Å². The maximum atomic E-state index is 12.7. The van der Waals surface area contributed by atoms with Gasteiger partial charge in [0.1, 0.15) is 0 Å². The van der Waals surface area contributed by atoms with Crippen LogP contribution in [0.3, 0.4) is 0 Å². The summed E-state index contributed by atoms with van der Waals surface area (Å²) in [6.07, 6.45) is -4.66. The highest BCUT2D eigenvalue weighted by Crippen LogP contribution is 2.30. The maximum absolute atomic E-state index is 12.7. The summed E-state index contributed by atoms with van der Waals surface area (Å²) in [7, 11) is 1.14. The molecule has 8 nitrogen and oxygen atoms in total. The molecule has 3 amide bonds. The summed E-state index contributed by atoms with van der Waals surface area (Å²) < 4.78 is 38.9. The highest BCUT2D eigenvalue weighted by molar-refractivity contribution is 8.00. The molecule has 1 atom stereocenters. The molecule has 0 spiro atoms. The van der Waals surface area contributed by atoms with Crippen LogP contribution in [0, 0.1) is 0 Å². The molecule has 3 N–H and O–H groups in total. The van der Waals surface area contributed by atoms with Gasteiger partial charge in [-0.05, 0) is 25.1 Å². The van der Waals surface area contributed by atoms with Crippen LogP contribution in [0.15, 0.2) is 23.4 Å². The van der Waals surface area contributed by atoms with Crippen LogP contribution < -0.4 is 16.2 Å². The second kappa shape index (κ2) is 8.88. The van der Waals surface area contributed by atoms with Gasteiger partial charge in [-0.3, -0.25) is 10.2 Å². The van der Waals surface area contributed by atoms with E-state index in [1.54, 1.807) is 0 Å². The van der Waals surface area contributed by atoms with E-state index in [9.17, 15) is 22.8 Å². The molecule has 1 aromatic carbocycles. The topological polar surface area (TPSA) is 101 Å². The number of benzene rings is 1. The molecule has 2 rings (SSSR count). The van der Waals surface area contributed by atoms with Gasteiger partial charge in [-0.25, -0.2) is 10.2 Å². The second-order valence-electron chi connectivity index (χ2n) is 5.32. The number of alkyl halides is 3. The van der Waals surface area contributed by atoms with Crippen molar-refractivity contribution in [3.63, 3.8) is 0 Å². The van der Waals surface area contributed by atoms with Gasteiger partial charge in [-0.1, -0.05) is 35.0 Å². The summed E-state index contributed by atoms with van der Waals surface area (Å²) >= 11 is 12.3. The molecular weight excluding hydrogens is 444 g/mol. The average Bonchev–Trinajstić information content (AvgIpc) is 2.96. The zero-order valence-electron chi connectivity index (χ0n) is 14.3. The Bertz CT molecular complexity index is 892. The van der Waals surface area contributed by atoms with E-state index >= 15 is 0 Å². The zero-order valence-corrected chi connectivity index (χ0v) is 16.6. The van der Waals surface area contributed by atoms with E-state index in [-0.39, 0.29) is 10.2 Å². The number of hydrogen-bond donors (Lipinski definition) is 3. The predicted molar refractivity (Wildman–Crippen MR) is 98.1 cm³/mol. The normalized spacial score (nSPS) is 12.4. The number of carbonyl (C=O) groups excluding carboxylic acids is 2. The minimum atomic E-state index is -4.66. The lowest BCUT2D eigenvalue weighted by Crippen LogP contribution is -2.46. The molecule has 152 valence electrons. The first-order chi connectivity index (χ1) is 13.0. The number of rotatable bonds is 4. The SMILES string of the molecule is CC(Sc1nnc(C(F)(F)F)n1C)C(=O)NNC(=O)Nc1ccc(Cl)c(Cl)c1. The Labute approximate surface area is 171 Å².